The van der Waals surface area contributed by atoms with Crippen LogP contribution in [0.5, 0.6) is 5.75 Å². The maximum atomic E-state index is 14.7. The second-order valence-electron chi connectivity index (χ2n) is 12.1. The van der Waals surface area contributed by atoms with Gasteiger partial charge in [0.05, 0.1) is 17.7 Å². The van der Waals surface area contributed by atoms with Gasteiger partial charge in [0.15, 0.2) is 0 Å². The Morgan fingerprint density at radius 3 is 2.11 bits per heavy atom. The molecule has 1 aliphatic carbocycles. The van der Waals surface area contributed by atoms with Crippen LogP contribution in [0, 0.1) is 6.92 Å². The van der Waals surface area contributed by atoms with E-state index < -0.39 is 28.5 Å². The van der Waals surface area contributed by atoms with Crippen molar-refractivity contribution >= 4 is 27.5 Å². The Bertz CT molecular complexity index is 1720. The van der Waals surface area contributed by atoms with Crippen molar-refractivity contribution in [3.63, 3.8) is 0 Å². The second kappa shape index (κ2) is 15.8. The molecule has 0 bridgehead atoms. The summed E-state index contributed by atoms with van der Waals surface area (Å²) in [5.74, 6) is -0.161. The highest BCUT2D eigenvalue weighted by molar-refractivity contribution is 7.92. The van der Waals surface area contributed by atoms with Crippen molar-refractivity contribution in [1.82, 2.24) is 10.2 Å². The normalized spacial score (nSPS) is 14.2. The van der Waals surface area contributed by atoms with E-state index in [-0.39, 0.29) is 29.8 Å². The summed E-state index contributed by atoms with van der Waals surface area (Å²) < 4.78 is 34.7. The zero-order valence-electron chi connectivity index (χ0n) is 27.0. The van der Waals surface area contributed by atoms with Gasteiger partial charge >= 0.3 is 0 Å². The highest BCUT2D eigenvalue weighted by atomic mass is 32.2. The Morgan fingerprint density at radius 1 is 0.830 bits per heavy atom. The number of sulfonamides is 1. The van der Waals surface area contributed by atoms with Gasteiger partial charge in [-0.3, -0.25) is 13.9 Å². The van der Waals surface area contributed by atoms with Gasteiger partial charge in [-0.25, -0.2) is 8.42 Å². The second-order valence-corrected chi connectivity index (χ2v) is 13.9. The molecular weight excluding hydrogens is 611 g/mol. The first-order chi connectivity index (χ1) is 22.7. The number of nitrogens with one attached hydrogen (secondary N) is 1. The number of carbonyl (C=O) groups excluding carboxylic acids is 2. The molecule has 1 atom stereocenters. The lowest BCUT2D eigenvalue weighted by atomic mass is 9.94. The van der Waals surface area contributed by atoms with Crippen LogP contribution in [-0.2, 0) is 32.6 Å². The summed E-state index contributed by atoms with van der Waals surface area (Å²) >= 11 is 0. The first-order valence-electron chi connectivity index (χ1n) is 16.2. The molecule has 0 unspecified atom stereocenters. The molecular formula is C38H43N3O5S. The fourth-order valence-corrected chi connectivity index (χ4v) is 7.54. The van der Waals surface area contributed by atoms with Gasteiger partial charge in [-0.15, -0.1) is 0 Å². The average molecular weight is 654 g/mol. The fourth-order valence-electron chi connectivity index (χ4n) is 6.10. The largest absolute Gasteiger partial charge is 0.497 e. The molecule has 2 amide bonds. The van der Waals surface area contributed by atoms with Crippen LogP contribution in [0.15, 0.2) is 114 Å². The first-order valence-corrected chi connectivity index (χ1v) is 17.6. The lowest BCUT2D eigenvalue weighted by Crippen LogP contribution is -2.55. The number of carbonyl (C=O) groups is 2. The molecule has 5 rings (SSSR count). The van der Waals surface area contributed by atoms with E-state index in [1.165, 1.54) is 19.2 Å². The standard InChI is InChI=1S/C38H43N3O5S/c1-29-13-12-16-31(25-29)27-40(36(26-30-14-6-3-7-15-30)38(43)39-32-17-8-4-9-18-32)37(42)28-41(33-21-23-34(46-2)24-22-33)47(44,45)35-19-10-5-11-20-35/h3,5-7,10-16,19-25,32,36H,4,8-9,17-18,26-28H2,1-2H3,(H,39,43)/t36-/m1/s1. The molecule has 0 saturated heterocycles. The summed E-state index contributed by atoms with van der Waals surface area (Å²) in [5, 5.41) is 3.25. The Hall–Kier alpha value is -4.63. The van der Waals surface area contributed by atoms with Crippen LogP contribution in [0.3, 0.4) is 0 Å². The van der Waals surface area contributed by atoms with E-state index in [2.05, 4.69) is 5.32 Å². The van der Waals surface area contributed by atoms with Crippen LogP contribution < -0.4 is 14.4 Å². The van der Waals surface area contributed by atoms with Gasteiger partial charge in [0.2, 0.25) is 11.8 Å². The van der Waals surface area contributed by atoms with Gasteiger partial charge in [-0.1, -0.05) is 97.6 Å². The Balaban J connectivity index is 1.56. The number of amides is 2. The van der Waals surface area contributed by atoms with Gasteiger partial charge in [0, 0.05) is 19.0 Å². The van der Waals surface area contributed by atoms with Crippen molar-refractivity contribution in [3.05, 3.63) is 126 Å². The predicted octanol–water partition coefficient (Wildman–Crippen LogP) is 6.29. The Labute approximate surface area is 278 Å². The van der Waals surface area contributed by atoms with Gasteiger partial charge in [-0.2, -0.15) is 0 Å². The number of hydrogen-bond donors (Lipinski definition) is 1. The molecule has 8 nitrogen and oxygen atoms in total. The number of nitrogens with zero attached hydrogens (tertiary/aromatic N) is 2. The average Bonchev–Trinajstić information content (AvgIpc) is 3.10. The molecule has 1 saturated carbocycles. The quantitative estimate of drug-likeness (QED) is 0.183. The third-order valence-corrected chi connectivity index (χ3v) is 10.4. The molecule has 246 valence electrons. The number of aryl methyl sites for hydroxylation is 1. The number of methoxy groups -OCH3 is 1. The van der Waals surface area contributed by atoms with Crippen molar-refractivity contribution in [1.29, 1.82) is 0 Å². The van der Waals surface area contributed by atoms with Gasteiger partial charge in [-0.05, 0) is 67.3 Å². The van der Waals surface area contributed by atoms with Crippen LogP contribution >= 0.6 is 0 Å². The minimum atomic E-state index is -4.16. The first kappa shape index (κ1) is 33.7. The van der Waals surface area contributed by atoms with Gasteiger partial charge in [0.25, 0.3) is 10.0 Å². The van der Waals surface area contributed by atoms with Crippen LogP contribution in [0.1, 0.15) is 48.8 Å². The Kier molecular flexibility index (Phi) is 11.3. The summed E-state index contributed by atoms with van der Waals surface area (Å²) in [5.41, 5.74) is 3.09. The van der Waals surface area contributed by atoms with Crippen molar-refractivity contribution < 1.29 is 22.7 Å². The van der Waals surface area contributed by atoms with E-state index in [0.29, 0.717) is 11.4 Å². The number of hydrogen-bond acceptors (Lipinski definition) is 5. The molecule has 0 radical (unpaired) electrons. The molecule has 0 spiro atoms. The van der Waals surface area contributed by atoms with E-state index in [4.69, 9.17) is 4.74 Å². The van der Waals surface area contributed by atoms with Crippen LogP contribution in [0.4, 0.5) is 5.69 Å². The highest BCUT2D eigenvalue weighted by Crippen LogP contribution is 2.27. The highest BCUT2D eigenvalue weighted by Gasteiger charge is 2.35. The maximum Gasteiger partial charge on any atom is 0.264 e. The summed E-state index contributed by atoms with van der Waals surface area (Å²) in [6.45, 7) is 1.61. The Morgan fingerprint density at radius 2 is 1.47 bits per heavy atom. The molecule has 1 aliphatic rings. The molecule has 4 aromatic carbocycles. The van der Waals surface area contributed by atoms with E-state index in [1.807, 2.05) is 61.5 Å². The van der Waals surface area contributed by atoms with Crippen LogP contribution in [-0.4, -0.2) is 50.9 Å². The lowest BCUT2D eigenvalue weighted by molar-refractivity contribution is -0.140. The van der Waals surface area contributed by atoms with Crippen molar-refractivity contribution in [2.24, 2.45) is 0 Å². The third-order valence-electron chi connectivity index (χ3n) is 8.63. The number of anilines is 1. The van der Waals surface area contributed by atoms with E-state index >= 15 is 0 Å². The molecule has 1 N–H and O–H groups in total. The predicted molar refractivity (Wildman–Crippen MR) is 185 cm³/mol. The zero-order valence-corrected chi connectivity index (χ0v) is 27.9. The third kappa shape index (κ3) is 8.80. The smallest absolute Gasteiger partial charge is 0.264 e. The molecule has 4 aromatic rings. The topological polar surface area (TPSA) is 96.0 Å². The van der Waals surface area contributed by atoms with E-state index in [1.54, 1.807) is 47.4 Å². The zero-order chi connectivity index (χ0) is 33.2. The van der Waals surface area contributed by atoms with Crippen LogP contribution in [0.2, 0.25) is 0 Å². The van der Waals surface area contributed by atoms with Crippen molar-refractivity contribution in [2.75, 3.05) is 18.0 Å². The van der Waals surface area contributed by atoms with Crippen LogP contribution in [0.25, 0.3) is 0 Å². The van der Waals surface area contributed by atoms with Crippen molar-refractivity contribution in [3.8, 4) is 5.75 Å². The van der Waals surface area contributed by atoms with Crippen molar-refractivity contribution in [2.45, 2.75) is 69.0 Å². The summed E-state index contributed by atoms with van der Waals surface area (Å²) in [6, 6.07) is 31.2. The number of benzene rings is 4. The minimum Gasteiger partial charge on any atom is -0.497 e. The van der Waals surface area contributed by atoms with Gasteiger partial charge < -0.3 is 15.0 Å². The summed E-state index contributed by atoms with van der Waals surface area (Å²) in [7, 11) is -2.63. The number of ether oxygens (including phenoxy) is 1. The minimum absolute atomic E-state index is 0.0414. The van der Waals surface area contributed by atoms with Gasteiger partial charge in [0.1, 0.15) is 18.3 Å². The molecule has 0 aliphatic heterocycles. The van der Waals surface area contributed by atoms with E-state index in [0.717, 1.165) is 53.1 Å². The fraction of sp³-hybridized carbons (Fsp3) is 0.316. The molecule has 9 heteroatoms. The monoisotopic (exact) mass is 653 g/mol. The maximum absolute atomic E-state index is 14.7. The van der Waals surface area contributed by atoms with E-state index in [9.17, 15) is 18.0 Å². The molecule has 47 heavy (non-hydrogen) atoms. The SMILES string of the molecule is COc1ccc(N(CC(=O)N(Cc2cccc(C)c2)[C@H](Cc2ccccc2)C(=O)NC2CCCCC2)S(=O)(=O)c2ccccc2)cc1. The molecule has 0 heterocycles. The molecule has 0 aromatic heterocycles. The summed E-state index contributed by atoms with van der Waals surface area (Å²) in [6.07, 6.45) is 5.33. The summed E-state index contributed by atoms with van der Waals surface area (Å²) in [4.78, 5) is 30.5. The molecule has 1 fully saturated rings. The lowest BCUT2D eigenvalue weighted by Gasteiger charge is -2.35. The number of rotatable bonds is 13.